The summed E-state index contributed by atoms with van der Waals surface area (Å²) in [7, 11) is 3.44. The maximum Gasteiger partial charge on any atom is 0.161 e. The summed E-state index contributed by atoms with van der Waals surface area (Å²) in [6.07, 6.45) is 0.987. The van der Waals surface area contributed by atoms with Crippen LogP contribution in [0.3, 0.4) is 0 Å². The van der Waals surface area contributed by atoms with E-state index >= 15 is 0 Å². The number of methoxy groups -OCH3 is 2. The molecule has 3 rings (SSSR count). The summed E-state index contributed by atoms with van der Waals surface area (Å²) in [5, 5.41) is 3.71. The fourth-order valence-corrected chi connectivity index (χ4v) is 3.92. The highest BCUT2D eigenvalue weighted by molar-refractivity contribution is 5.54. The molecule has 1 aliphatic rings. The first-order chi connectivity index (χ1) is 13.0. The molecule has 0 aliphatic carbocycles. The van der Waals surface area contributed by atoms with Crippen LogP contribution in [0.4, 0.5) is 0 Å². The third-order valence-corrected chi connectivity index (χ3v) is 5.33. The first-order valence-corrected chi connectivity index (χ1v) is 9.75. The third kappa shape index (κ3) is 3.77. The summed E-state index contributed by atoms with van der Waals surface area (Å²) < 4.78 is 17.0. The van der Waals surface area contributed by atoms with Crippen LogP contribution >= 0.6 is 0 Å². The highest BCUT2D eigenvalue weighted by Crippen LogP contribution is 2.40. The Labute approximate surface area is 162 Å². The van der Waals surface area contributed by atoms with Crippen molar-refractivity contribution < 1.29 is 14.2 Å². The van der Waals surface area contributed by atoms with E-state index in [1.165, 1.54) is 27.8 Å². The van der Waals surface area contributed by atoms with Gasteiger partial charge in [0, 0.05) is 6.54 Å². The number of aryl methyl sites for hydroxylation is 1. The Hall–Kier alpha value is -2.20. The minimum atomic E-state index is 0.141. The zero-order valence-electron chi connectivity index (χ0n) is 17.3. The smallest absolute Gasteiger partial charge is 0.161 e. The van der Waals surface area contributed by atoms with Crippen molar-refractivity contribution in [1.82, 2.24) is 5.32 Å². The van der Waals surface area contributed by atoms with Gasteiger partial charge < -0.3 is 19.5 Å². The van der Waals surface area contributed by atoms with Gasteiger partial charge in [0.1, 0.15) is 5.75 Å². The molecule has 0 spiro atoms. The molecular formula is C23H31NO3. The highest BCUT2D eigenvalue weighted by Gasteiger charge is 2.26. The summed E-state index contributed by atoms with van der Waals surface area (Å²) in [5.74, 6) is 2.98. The normalized spacial score (nSPS) is 16.2. The molecule has 27 heavy (non-hydrogen) atoms. The summed E-state index contributed by atoms with van der Waals surface area (Å²) in [6, 6.07) is 8.88. The molecule has 0 bridgehead atoms. The predicted octanol–water partition coefficient (Wildman–Crippen LogP) is 4.77. The Kier molecular flexibility index (Phi) is 5.95. The van der Waals surface area contributed by atoms with Gasteiger partial charge in [0.05, 0.1) is 26.9 Å². The second-order valence-corrected chi connectivity index (χ2v) is 7.38. The van der Waals surface area contributed by atoms with Gasteiger partial charge in [-0.2, -0.15) is 0 Å². The standard InChI is InChI=1S/C23H31NO3/c1-7-27-22-13-19-16(11-21(22)26-6)8-9-24-23(19)18-12-17(14(2)3)20(25-5)10-15(18)4/h10-14,23-24H,7-9H2,1-6H3. The van der Waals surface area contributed by atoms with E-state index in [9.17, 15) is 0 Å². The molecule has 1 heterocycles. The van der Waals surface area contributed by atoms with Crippen LogP contribution in [-0.2, 0) is 6.42 Å². The summed E-state index contributed by atoms with van der Waals surface area (Å²) in [4.78, 5) is 0. The van der Waals surface area contributed by atoms with Crippen LogP contribution in [0.2, 0.25) is 0 Å². The highest BCUT2D eigenvalue weighted by atomic mass is 16.5. The molecule has 0 amide bonds. The molecule has 0 radical (unpaired) electrons. The van der Waals surface area contributed by atoms with Gasteiger partial charge in [0.15, 0.2) is 11.5 Å². The van der Waals surface area contributed by atoms with E-state index in [-0.39, 0.29) is 6.04 Å². The summed E-state index contributed by atoms with van der Waals surface area (Å²) in [6.45, 7) is 10.1. The van der Waals surface area contributed by atoms with Gasteiger partial charge in [0.25, 0.3) is 0 Å². The Bertz CT molecular complexity index is 814. The quantitative estimate of drug-likeness (QED) is 0.796. The first-order valence-electron chi connectivity index (χ1n) is 9.75. The SMILES string of the molecule is CCOc1cc2c(cc1OC)CCNC2c1cc(C(C)C)c(OC)cc1C. The van der Waals surface area contributed by atoms with E-state index in [1.807, 2.05) is 6.92 Å². The molecule has 0 aromatic heterocycles. The molecule has 0 saturated carbocycles. The minimum absolute atomic E-state index is 0.141. The predicted molar refractivity (Wildman–Crippen MR) is 110 cm³/mol. The van der Waals surface area contributed by atoms with Crippen LogP contribution in [-0.4, -0.2) is 27.4 Å². The topological polar surface area (TPSA) is 39.7 Å². The van der Waals surface area contributed by atoms with Crippen molar-refractivity contribution in [3.8, 4) is 17.2 Å². The Morgan fingerprint density at radius 1 is 1.00 bits per heavy atom. The van der Waals surface area contributed by atoms with Crippen molar-refractivity contribution in [2.24, 2.45) is 0 Å². The molecule has 0 saturated heterocycles. The Morgan fingerprint density at radius 3 is 2.37 bits per heavy atom. The van der Waals surface area contributed by atoms with E-state index in [0.717, 1.165) is 30.2 Å². The molecule has 2 aromatic carbocycles. The van der Waals surface area contributed by atoms with Gasteiger partial charge in [0.2, 0.25) is 0 Å². The average Bonchev–Trinajstić information content (AvgIpc) is 2.66. The van der Waals surface area contributed by atoms with E-state index in [0.29, 0.717) is 12.5 Å². The number of fused-ring (bicyclic) bond motifs is 1. The van der Waals surface area contributed by atoms with Crippen LogP contribution in [0, 0.1) is 6.92 Å². The molecule has 1 atom stereocenters. The van der Waals surface area contributed by atoms with Gasteiger partial charge in [-0.1, -0.05) is 13.8 Å². The molecule has 1 aliphatic heterocycles. The Morgan fingerprint density at radius 2 is 1.74 bits per heavy atom. The monoisotopic (exact) mass is 369 g/mol. The molecule has 4 heteroatoms. The van der Waals surface area contributed by atoms with Gasteiger partial charge in [-0.25, -0.2) is 0 Å². The van der Waals surface area contributed by atoms with E-state index in [4.69, 9.17) is 14.2 Å². The lowest BCUT2D eigenvalue weighted by Crippen LogP contribution is -2.31. The third-order valence-electron chi connectivity index (χ3n) is 5.33. The number of ether oxygens (including phenoxy) is 3. The minimum Gasteiger partial charge on any atom is -0.496 e. The fraction of sp³-hybridized carbons (Fsp3) is 0.478. The van der Waals surface area contributed by atoms with Crippen LogP contribution < -0.4 is 19.5 Å². The second-order valence-electron chi connectivity index (χ2n) is 7.38. The lowest BCUT2D eigenvalue weighted by Gasteiger charge is -2.30. The maximum atomic E-state index is 5.83. The van der Waals surface area contributed by atoms with Crippen LogP contribution in [0.25, 0.3) is 0 Å². The fourth-order valence-electron chi connectivity index (χ4n) is 3.92. The molecule has 4 nitrogen and oxygen atoms in total. The average molecular weight is 370 g/mol. The molecular weight excluding hydrogens is 338 g/mol. The lowest BCUT2D eigenvalue weighted by molar-refractivity contribution is 0.309. The molecule has 2 aromatic rings. The van der Waals surface area contributed by atoms with Crippen LogP contribution in [0.15, 0.2) is 24.3 Å². The molecule has 1 unspecified atom stereocenters. The van der Waals surface area contributed by atoms with Crippen molar-refractivity contribution in [2.75, 3.05) is 27.4 Å². The lowest BCUT2D eigenvalue weighted by atomic mass is 9.85. The van der Waals surface area contributed by atoms with Crippen molar-refractivity contribution in [3.05, 3.63) is 52.1 Å². The summed E-state index contributed by atoms with van der Waals surface area (Å²) in [5.41, 5.74) is 6.36. The van der Waals surface area contributed by atoms with Crippen molar-refractivity contribution in [3.63, 3.8) is 0 Å². The molecule has 0 fully saturated rings. The molecule has 1 N–H and O–H groups in total. The van der Waals surface area contributed by atoms with E-state index in [1.54, 1.807) is 14.2 Å². The second kappa shape index (κ2) is 8.22. The zero-order chi connectivity index (χ0) is 19.6. The van der Waals surface area contributed by atoms with Crippen LogP contribution in [0.5, 0.6) is 17.2 Å². The van der Waals surface area contributed by atoms with Crippen LogP contribution in [0.1, 0.15) is 60.5 Å². The number of nitrogens with one attached hydrogen (secondary N) is 1. The summed E-state index contributed by atoms with van der Waals surface area (Å²) >= 11 is 0. The number of rotatable bonds is 6. The van der Waals surface area contributed by atoms with E-state index < -0.39 is 0 Å². The van der Waals surface area contributed by atoms with Crippen molar-refractivity contribution in [1.29, 1.82) is 0 Å². The van der Waals surface area contributed by atoms with E-state index in [2.05, 4.69) is 50.4 Å². The van der Waals surface area contributed by atoms with Gasteiger partial charge >= 0.3 is 0 Å². The first kappa shape index (κ1) is 19.6. The maximum absolute atomic E-state index is 5.83. The molecule has 146 valence electrons. The van der Waals surface area contributed by atoms with Gasteiger partial charge in [-0.05, 0) is 78.3 Å². The zero-order valence-corrected chi connectivity index (χ0v) is 17.3. The van der Waals surface area contributed by atoms with Crippen molar-refractivity contribution in [2.45, 2.75) is 46.1 Å². The van der Waals surface area contributed by atoms with Crippen molar-refractivity contribution >= 4 is 0 Å². The van der Waals surface area contributed by atoms with Gasteiger partial charge in [-0.3, -0.25) is 0 Å². The number of hydrogen-bond acceptors (Lipinski definition) is 4. The number of benzene rings is 2. The largest absolute Gasteiger partial charge is 0.496 e. The Balaban J connectivity index is 2.13. The van der Waals surface area contributed by atoms with Gasteiger partial charge in [-0.15, -0.1) is 0 Å². The number of hydrogen-bond donors (Lipinski definition) is 1.